The van der Waals surface area contributed by atoms with Gasteiger partial charge in [0.05, 0.1) is 37.0 Å². The van der Waals surface area contributed by atoms with E-state index >= 15 is 0 Å². The molecule has 0 spiro atoms. The molecule has 34 heavy (non-hydrogen) atoms. The van der Waals surface area contributed by atoms with E-state index in [1.54, 1.807) is 41.0 Å². The quantitative estimate of drug-likeness (QED) is 0.291. The average molecular weight is 568 g/mol. The summed E-state index contributed by atoms with van der Waals surface area (Å²) < 4.78 is 45.0. The molecular weight excluding hydrogens is 548 g/mol. The van der Waals surface area contributed by atoms with Crippen LogP contribution in [0.3, 0.4) is 0 Å². The van der Waals surface area contributed by atoms with E-state index in [1.807, 2.05) is 0 Å². The van der Waals surface area contributed by atoms with Crippen molar-refractivity contribution in [3.05, 3.63) is 69.9 Å². The molecule has 0 bridgehead atoms. The van der Waals surface area contributed by atoms with Crippen molar-refractivity contribution >= 4 is 37.4 Å². The maximum Gasteiger partial charge on any atom is 0.204 e. The third kappa shape index (κ3) is 5.11. The summed E-state index contributed by atoms with van der Waals surface area (Å²) in [6.07, 6.45) is 3.19. The number of rotatable bonds is 9. The van der Waals surface area contributed by atoms with Crippen LogP contribution in [0, 0.1) is 0 Å². The van der Waals surface area contributed by atoms with Crippen molar-refractivity contribution in [3.63, 3.8) is 0 Å². The lowest BCUT2D eigenvalue weighted by Crippen LogP contribution is -2.16. The summed E-state index contributed by atoms with van der Waals surface area (Å²) in [5, 5.41) is 8.87. The van der Waals surface area contributed by atoms with E-state index in [-0.39, 0.29) is 23.8 Å². The minimum Gasteiger partial charge on any atom is -0.494 e. The molecule has 0 amide bonds. The highest BCUT2D eigenvalue weighted by atomic mass is 79.9. The molecule has 3 aromatic heterocycles. The number of nitrogens with zero attached hydrogens (tertiary/aromatic N) is 4. The number of benzene rings is 1. The number of aryl methyl sites for hydroxylation is 1. The summed E-state index contributed by atoms with van der Waals surface area (Å²) in [4.78, 5) is 4.21. The topological polar surface area (TPSA) is 109 Å². The molecular formula is C22H20BrClN4O5S. The number of ether oxygens (including phenoxy) is 2. The number of hydrogen-bond acceptors (Lipinski definition) is 8. The van der Waals surface area contributed by atoms with Crippen molar-refractivity contribution in [2.75, 3.05) is 20.0 Å². The lowest BCUT2D eigenvalue weighted by atomic mass is 10.2. The third-order valence-electron chi connectivity index (χ3n) is 4.98. The molecule has 1 aromatic carbocycles. The second kappa shape index (κ2) is 10.2. The van der Waals surface area contributed by atoms with E-state index in [0.717, 1.165) is 0 Å². The van der Waals surface area contributed by atoms with Gasteiger partial charge in [0, 0.05) is 17.1 Å². The summed E-state index contributed by atoms with van der Waals surface area (Å²) >= 11 is 9.30. The lowest BCUT2D eigenvalue weighted by molar-refractivity contribution is 0.390. The molecule has 0 radical (unpaired) electrons. The standard InChI is InChI=1S/C22H20BrClN4O5S/c1-31-17-5-3-6-18(32-2)21(17)28-20(26-27-22(28)19-7-4-9-33-19)13-34(29,30)10-8-16-15(23)11-14(24)12-25-16/h3-7,9,11-12H,8,10,13H2,1-2H3. The van der Waals surface area contributed by atoms with Crippen LogP contribution in [0.1, 0.15) is 11.5 Å². The van der Waals surface area contributed by atoms with E-state index in [4.69, 9.17) is 25.5 Å². The summed E-state index contributed by atoms with van der Waals surface area (Å²) in [6, 6.07) is 10.4. The smallest absolute Gasteiger partial charge is 0.204 e. The van der Waals surface area contributed by atoms with Crippen LogP contribution in [0.2, 0.25) is 5.02 Å². The van der Waals surface area contributed by atoms with Gasteiger partial charge >= 0.3 is 0 Å². The van der Waals surface area contributed by atoms with Gasteiger partial charge in [0.2, 0.25) is 5.82 Å². The SMILES string of the molecule is COc1cccc(OC)c1-n1c(CS(=O)(=O)CCc2ncc(Cl)cc2Br)nnc1-c1ccco1. The largest absolute Gasteiger partial charge is 0.494 e. The molecule has 4 rings (SSSR count). The van der Waals surface area contributed by atoms with Gasteiger partial charge < -0.3 is 13.9 Å². The Balaban J connectivity index is 1.73. The fraction of sp³-hybridized carbons (Fsp3) is 0.227. The molecule has 0 aliphatic heterocycles. The minimum atomic E-state index is -3.61. The first kappa shape index (κ1) is 24.2. The van der Waals surface area contributed by atoms with E-state index in [2.05, 4.69) is 31.1 Å². The Bertz CT molecular complexity index is 1380. The molecule has 9 nitrogen and oxygen atoms in total. The zero-order valence-corrected chi connectivity index (χ0v) is 21.4. The maximum absolute atomic E-state index is 13.1. The van der Waals surface area contributed by atoms with Crippen LogP contribution >= 0.6 is 27.5 Å². The van der Waals surface area contributed by atoms with Gasteiger partial charge in [-0.15, -0.1) is 10.2 Å². The van der Waals surface area contributed by atoms with Crippen molar-refractivity contribution < 1.29 is 22.3 Å². The Morgan fingerprint density at radius 1 is 1.12 bits per heavy atom. The molecule has 178 valence electrons. The molecule has 0 N–H and O–H groups in total. The highest BCUT2D eigenvalue weighted by molar-refractivity contribution is 9.10. The molecule has 0 saturated carbocycles. The van der Waals surface area contributed by atoms with Crippen LogP contribution < -0.4 is 9.47 Å². The highest BCUT2D eigenvalue weighted by Gasteiger charge is 2.26. The van der Waals surface area contributed by atoms with Crippen LogP contribution in [-0.4, -0.2) is 48.1 Å². The van der Waals surface area contributed by atoms with Gasteiger partial charge in [-0.3, -0.25) is 9.55 Å². The average Bonchev–Trinajstić information content (AvgIpc) is 3.47. The molecule has 0 saturated heterocycles. The van der Waals surface area contributed by atoms with E-state index < -0.39 is 9.84 Å². The van der Waals surface area contributed by atoms with Crippen LogP contribution in [-0.2, 0) is 22.0 Å². The maximum atomic E-state index is 13.1. The van der Waals surface area contributed by atoms with Crippen molar-refractivity contribution in [3.8, 4) is 28.8 Å². The Kier molecular flexibility index (Phi) is 7.24. The molecule has 4 aromatic rings. The van der Waals surface area contributed by atoms with Crippen LogP contribution in [0.5, 0.6) is 11.5 Å². The van der Waals surface area contributed by atoms with Gasteiger partial charge in [-0.25, -0.2) is 8.42 Å². The van der Waals surface area contributed by atoms with Crippen molar-refractivity contribution in [2.45, 2.75) is 12.2 Å². The Labute approximate surface area is 209 Å². The molecule has 12 heteroatoms. The predicted octanol–water partition coefficient (Wildman–Crippen LogP) is 4.51. The first-order chi connectivity index (χ1) is 16.3. The summed E-state index contributed by atoms with van der Waals surface area (Å²) in [7, 11) is -0.581. The van der Waals surface area contributed by atoms with Gasteiger partial charge in [-0.05, 0) is 46.3 Å². The van der Waals surface area contributed by atoms with Gasteiger partial charge in [-0.2, -0.15) is 0 Å². The summed E-state index contributed by atoms with van der Waals surface area (Å²) in [6.45, 7) is 0. The van der Waals surface area contributed by atoms with E-state index in [9.17, 15) is 8.42 Å². The zero-order chi connectivity index (χ0) is 24.3. The molecule has 0 unspecified atom stereocenters. The van der Waals surface area contributed by atoms with Gasteiger partial charge in [0.15, 0.2) is 21.4 Å². The van der Waals surface area contributed by atoms with Crippen LogP contribution in [0.4, 0.5) is 0 Å². The number of hydrogen-bond donors (Lipinski definition) is 0. The number of sulfone groups is 1. The second-order valence-corrected chi connectivity index (χ2v) is 10.7. The molecule has 3 heterocycles. The number of methoxy groups -OCH3 is 2. The van der Waals surface area contributed by atoms with E-state index in [0.29, 0.717) is 44.0 Å². The molecule has 0 aliphatic carbocycles. The minimum absolute atomic E-state index is 0.147. The number of halogens is 2. The number of para-hydroxylation sites is 1. The van der Waals surface area contributed by atoms with Crippen molar-refractivity contribution in [2.24, 2.45) is 0 Å². The van der Waals surface area contributed by atoms with Gasteiger partial charge in [0.1, 0.15) is 22.9 Å². The molecule has 0 fully saturated rings. The fourth-order valence-corrected chi connectivity index (χ4v) is 5.48. The van der Waals surface area contributed by atoms with E-state index in [1.165, 1.54) is 26.7 Å². The monoisotopic (exact) mass is 566 g/mol. The van der Waals surface area contributed by atoms with Crippen LogP contribution in [0.25, 0.3) is 17.3 Å². The molecule has 0 atom stereocenters. The Morgan fingerprint density at radius 2 is 1.85 bits per heavy atom. The predicted molar refractivity (Wildman–Crippen MR) is 130 cm³/mol. The normalized spacial score (nSPS) is 11.5. The molecule has 0 aliphatic rings. The highest BCUT2D eigenvalue weighted by Crippen LogP contribution is 2.36. The lowest BCUT2D eigenvalue weighted by Gasteiger charge is -2.16. The first-order valence-electron chi connectivity index (χ1n) is 10.0. The number of furan rings is 1. The van der Waals surface area contributed by atoms with Crippen molar-refractivity contribution in [1.82, 2.24) is 19.7 Å². The Hall–Kier alpha value is -2.89. The summed E-state index contributed by atoms with van der Waals surface area (Å²) in [5.74, 6) is 1.33. The van der Waals surface area contributed by atoms with Crippen LogP contribution in [0.15, 0.2) is 57.7 Å². The Morgan fingerprint density at radius 3 is 2.47 bits per heavy atom. The fourth-order valence-electron chi connectivity index (χ4n) is 3.41. The zero-order valence-electron chi connectivity index (χ0n) is 18.2. The second-order valence-electron chi connectivity index (χ2n) is 7.19. The van der Waals surface area contributed by atoms with Gasteiger partial charge in [0.25, 0.3) is 0 Å². The number of pyridine rings is 1. The summed E-state index contributed by atoms with van der Waals surface area (Å²) in [5.41, 5.74) is 1.06. The third-order valence-corrected chi connectivity index (χ3v) is 7.40. The number of aromatic nitrogens is 4. The first-order valence-corrected chi connectivity index (χ1v) is 13.0. The van der Waals surface area contributed by atoms with Crippen molar-refractivity contribution in [1.29, 1.82) is 0 Å². The van der Waals surface area contributed by atoms with Gasteiger partial charge in [-0.1, -0.05) is 17.7 Å².